The first-order valence-corrected chi connectivity index (χ1v) is 7.29. The third-order valence-corrected chi connectivity index (χ3v) is 3.88. The number of rotatable bonds is 7. The molecule has 0 aliphatic carbocycles. The lowest BCUT2D eigenvalue weighted by Crippen LogP contribution is -2.26. The van der Waals surface area contributed by atoms with Crippen LogP contribution >= 0.6 is 22.9 Å². The zero-order valence-corrected chi connectivity index (χ0v) is 11.7. The molecule has 2 rings (SSSR count). The normalized spacial score (nSPS) is 10.7. The van der Waals surface area contributed by atoms with E-state index in [2.05, 4.69) is 34.2 Å². The molecule has 0 atom stereocenters. The third-order valence-electron chi connectivity index (χ3n) is 2.63. The summed E-state index contributed by atoms with van der Waals surface area (Å²) in [5.74, 6) is 0. The average molecular weight is 281 g/mol. The van der Waals surface area contributed by atoms with Gasteiger partial charge in [-0.3, -0.25) is 0 Å². The monoisotopic (exact) mass is 280 g/mol. The van der Waals surface area contributed by atoms with Crippen LogP contribution in [0.4, 0.5) is 0 Å². The minimum atomic E-state index is 0.820. The molecule has 4 heteroatoms. The fourth-order valence-electron chi connectivity index (χ4n) is 1.67. The van der Waals surface area contributed by atoms with Gasteiger partial charge in [0.1, 0.15) is 0 Å². The zero-order valence-electron chi connectivity index (χ0n) is 10.2. The highest BCUT2D eigenvalue weighted by atomic mass is 35.5. The third kappa shape index (κ3) is 4.42. The van der Waals surface area contributed by atoms with E-state index in [0.29, 0.717) is 0 Å². The van der Waals surface area contributed by atoms with Crippen molar-refractivity contribution >= 4 is 22.9 Å². The van der Waals surface area contributed by atoms with E-state index < -0.39 is 0 Å². The Bertz CT molecular complexity index is 457. The molecule has 0 fully saturated rings. The van der Waals surface area contributed by atoms with Gasteiger partial charge in [-0.25, -0.2) is 0 Å². The Morgan fingerprint density at radius 3 is 2.44 bits per heavy atom. The summed E-state index contributed by atoms with van der Waals surface area (Å²) in [6.45, 7) is 3.67. The van der Waals surface area contributed by atoms with Crippen LogP contribution in [0.2, 0.25) is 5.02 Å². The molecule has 18 heavy (non-hydrogen) atoms. The van der Waals surface area contributed by atoms with Gasteiger partial charge in [0.25, 0.3) is 0 Å². The van der Waals surface area contributed by atoms with Crippen molar-refractivity contribution in [2.75, 3.05) is 13.1 Å². The number of benzene rings is 1. The minimum absolute atomic E-state index is 0.820. The van der Waals surface area contributed by atoms with Crippen molar-refractivity contribution in [2.24, 2.45) is 0 Å². The zero-order chi connectivity index (χ0) is 12.6. The Morgan fingerprint density at radius 1 is 0.944 bits per heavy atom. The molecule has 0 spiro atoms. The van der Waals surface area contributed by atoms with Gasteiger partial charge < -0.3 is 10.6 Å². The predicted octanol–water partition coefficient (Wildman–Crippen LogP) is 3.28. The van der Waals surface area contributed by atoms with E-state index in [-0.39, 0.29) is 0 Å². The van der Waals surface area contributed by atoms with Gasteiger partial charge in [0.05, 0.1) is 0 Å². The molecule has 0 radical (unpaired) electrons. The molecule has 0 saturated heterocycles. The van der Waals surface area contributed by atoms with E-state index in [1.807, 2.05) is 18.2 Å². The number of hydrogen-bond acceptors (Lipinski definition) is 3. The molecule has 2 aromatic rings. The quantitative estimate of drug-likeness (QED) is 0.761. The van der Waals surface area contributed by atoms with Crippen LogP contribution in [0.5, 0.6) is 0 Å². The summed E-state index contributed by atoms with van der Waals surface area (Å²) in [5.41, 5.74) is 1.15. The Hall–Kier alpha value is -0.870. The highest BCUT2D eigenvalue weighted by molar-refractivity contribution is 7.09. The Kier molecular flexibility index (Phi) is 5.68. The smallest absolute Gasteiger partial charge is 0.0450 e. The highest BCUT2D eigenvalue weighted by Gasteiger charge is 1.97. The van der Waals surface area contributed by atoms with E-state index >= 15 is 0 Å². The van der Waals surface area contributed by atoms with E-state index in [1.165, 1.54) is 4.88 Å². The number of nitrogens with one attached hydrogen (secondary N) is 2. The van der Waals surface area contributed by atoms with Crippen molar-refractivity contribution in [2.45, 2.75) is 13.1 Å². The molecule has 0 saturated carbocycles. The van der Waals surface area contributed by atoms with Gasteiger partial charge in [0, 0.05) is 36.1 Å². The van der Waals surface area contributed by atoms with Crippen LogP contribution < -0.4 is 10.6 Å². The van der Waals surface area contributed by atoms with E-state index in [4.69, 9.17) is 11.6 Å². The van der Waals surface area contributed by atoms with Crippen LogP contribution in [0.1, 0.15) is 10.4 Å². The van der Waals surface area contributed by atoms with Crippen LogP contribution in [0, 0.1) is 0 Å². The second kappa shape index (κ2) is 7.54. The molecular formula is C14H17ClN2S. The molecule has 0 aliphatic rings. The van der Waals surface area contributed by atoms with Gasteiger partial charge in [-0.2, -0.15) is 0 Å². The second-order valence-electron chi connectivity index (χ2n) is 4.02. The molecule has 2 N–H and O–H groups in total. The average Bonchev–Trinajstić information content (AvgIpc) is 2.89. The molecule has 1 aromatic heterocycles. The van der Waals surface area contributed by atoms with Gasteiger partial charge in [-0.15, -0.1) is 11.3 Å². The maximum absolute atomic E-state index is 6.08. The SMILES string of the molecule is Clc1ccccc1CNCCNCc1cccs1. The van der Waals surface area contributed by atoms with Crippen molar-refractivity contribution in [1.29, 1.82) is 0 Å². The highest BCUT2D eigenvalue weighted by Crippen LogP contribution is 2.14. The van der Waals surface area contributed by atoms with Crippen LogP contribution in [0.3, 0.4) is 0 Å². The molecule has 0 bridgehead atoms. The first-order valence-electron chi connectivity index (χ1n) is 6.03. The first kappa shape index (κ1) is 13.6. The number of hydrogen-bond donors (Lipinski definition) is 2. The standard InChI is InChI=1S/C14H17ClN2S/c15-14-6-2-1-4-12(14)10-16-7-8-17-11-13-5-3-9-18-13/h1-6,9,16-17H,7-8,10-11H2. The lowest BCUT2D eigenvalue weighted by Gasteiger charge is -2.07. The van der Waals surface area contributed by atoms with Crippen LogP contribution in [0.15, 0.2) is 41.8 Å². The van der Waals surface area contributed by atoms with Crippen LogP contribution in [-0.4, -0.2) is 13.1 Å². The molecule has 0 aliphatic heterocycles. The maximum atomic E-state index is 6.08. The fraction of sp³-hybridized carbons (Fsp3) is 0.286. The largest absolute Gasteiger partial charge is 0.311 e. The van der Waals surface area contributed by atoms with E-state index in [9.17, 15) is 0 Å². The summed E-state index contributed by atoms with van der Waals surface area (Å²) in [7, 11) is 0. The summed E-state index contributed by atoms with van der Waals surface area (Å²) < 4.78 is 0. The summed E-state index contributed by atoms with van der Waals surface area (Å²) >= 11 is 7.86. The van der Waals surface area contributed by atoms with E-state index in [1.54, 1.807) is 11.3 Å². The van der Waals surface area contributed by atoms with Crippen molar-refractivity contribution in [3.05, 3.63) is 57.2 Å². The number of halogens is 1. The summed E-state index contributed by atoms with van der Waals surface area (Å²) in [6.07, 6.45) is 0. The van der Waals surface area contributed by atoms with Gasteiger partial charge in [-0.1, -0.05) is 35.9 Å². The van der Waals surface area contributed by atoms with Crippen molar-refractivity contribution < 1.29 is 0 Å². The minimum Gasteiger partial charge on any atom is -0.311 e. The molecule has 2 nitrogen and oxygen atoms in total. The van der Waals surface area contributed by atoms with Crippen molar-refractivity contribution in [3.8, 4) is 0 Å². The molecule has 96 valence electrons. The Morgan fingerprint density at radius 2 is 1.72 bits per heavy atom. The van der Waals surface area contributed by atoms with Gasteiger partial charge >= 0.3 is 0 Å². The molecule has 0 amide bonds. The fourth-order valence-corrected chi connectivity index (χ4v) is 2.54. The summed E-state index contributed by atoms with van der Waals surface area (Å²) in [5, 5.41) is 9.72. The molecule has 1 aromatic carbocycles. The van der Waals surface area contributed by atoms with Gasteiger partial charge in [0.2, 0.25) is 0 Å². The molecular weight excluding hydrogens is 264 g/mol. The van der Waals surface area contributed by atoms with Crippen LogP contribution in [-0.2, 0) is 13.1 Å². The first-order chi connectivity index (χ1) is 8.86. The number of thiophene rings is 1. The maximum Gasteiger partial charge on any atom is 0.0450 e. The Balaban J connectivity index is 1.58. The van der Waals surface area contributed by atoms with Crippen molar-refractivity contribution in [1.82, 2.24) is 10.6 Å². The molecule has 0 unspecified atom stereocenters. The Labute approximate surface area is 117 Å². The lowest BCUT2D eigenvalue weighted by molar-refractivity contribution is 0.614. The predicted molar refractivity (Wildman–Crippen MR) is 79.2 cm³/mol. The van der Waals surface area contributed by atoms with Crippen molar-refractivity contribution in [3.63, 3.8) is 0 Å². The van der Waals surface area contributed by atoms with Gasteiger partial charge in [0.15, 0.2) is 0 Å². The second-order valence-corrected chi connectivity index (χ2v) is 5.46. The lowest BCUT2D eigenvalue weighted by atomic mass is 10.2. The topological polar surface area (TPSA) is 24.1 Å². The summed E-state index contributed by atoms with van der Waals surface area (Å²) in [6, 6.07) is 12.2. The van der Waals surface area contributed by atoms with Crippen LogP contribution in [0.25, 0.3) is 0 Å². The van der Waals surface area contributed by atoms with Gasteiger partial charge in [-0.05, 0) is 23.1 Å². The van der Waals surface area contributed by atoms with E-state index in [0.717, 1.165) is 36.8 Å². The molecule has 1 heterocycles. The summed E-state index contributed by atoms with van der Waals surface area (Å²) in [4.78, 5) is 1.38.